The molecule has 0 bridgehead atoms. The second-order valence-electron chi connectivity index (χ2n) is 3.22. The van der Waals surface area contributed by atoms with Crippen LogP contribution in [-0.2, 0) is 0 Å². The lowest BCUT2D eigenvalue weighted by molar-refractivity contribution is -0.385. The van der Waals surface area contributed by atoms with E-state index in [1.54, 1.807) is 0 Å². The third-order valence-electron chi connectivity index (χ3n) is 1.98. The predicted molar refractivity (Wildman–Crippen MR) is 64.6 cm³/mol. The molecule has 1 aromatic heterocycles. The highest BCUT2D eigenvalue weighted by atomic mass is 35.5. The molecule has 0 aliphatic carbocycles. The van der Waals surface area contributed by atoms with Crippen molar-refractivity contribution in [3.8, 4) is 11.6 Å². The van der Waals surface area contributed by atoms with Crippen LogP contribution < -0.4 is 10.5 Å². The van der Waals surface area contributed by atoms with E-state index in [9.17, 15) is 10.1 Å². The molecule has 7 nitrogen and oxygen atoms in total. The van der Waals surface area contributed by atoms with Gasteiger partial charge < -0.3 is 10.5 Å². The number of ether oxygens (including phenoxy) is 1. The second-order valence-corrected chi connectivity index (χ2v) is 3.66. The molecular formula is C10H7ClN4O3. The SMILES string of the molecule is Nc1nccc(Oc2ccc(Cl)cc2[N+](=O)[O-])n1. The van der Waals surface area contributed by atoms with Crippen LogP contribution in [0.3, 0.4) is 0 Å². The quantitative estimate of drug-likeness (QED) is 0.676. The molecule has 0 saturated carbocycles. The van der Waals surface area contributed by atoms with Gasteiger partial charge in [-0.15, -0.1) is 0 Å². The molecule has 18 heavy (non-hydrogen) atoms. The van der Waals surface area contributed by atoms with Gasteiger partial charge in [-0.2, -0.15) is 4.98 Å². The normalized spacial score (nSPS) is 10.1. The van der Waals surface area contributed by atoms with Crippen LogP contribution >= 0.6 is 11.6 Å². The molecule has 0 aliphatic heterocycles. The number of halogens is 1. The number of hydrogen-bond donors (Lipinski definition) is 1. The van der Waals surface area contributed by atoms with E-state index in [0.29, 0.717) is 0 Å². The Bertz CT molecular complexity index is 605. The van der Waals surface area contributed by atoms with Gasteiger partial charge >= 0.3 is 5.69 Å². The Hall–Kier alpha value is -2.41. The summed E-state index contributed by atoms with van der Waals surface area (Å²) in [6, 6.07) is 5.50. The number of nitrogen functional groups attached to an aromatic ring is 1. The molecule has 0 radical (unpaired) electrons. The molecule has 2 rings (SSSR count). The lowest BCUT2D eigenvalue weighted by Gasteiger charge is -2.05. The molecule has 1 aromatic carbocycles. The van der Waals surface area contributed by atoms with Crippen molar-refractivity contribution in [1.29, 1.82) is 0 Å². The molecule has 2 aromatic rings. The number of anilines is 1. The molecule has 0 aliphatic rings. The smallest absolute Gasteiger partial charge is 0.313 e. The van der Waals surface area contributed by atoms with E-state index in [-0.39, 0.29) is 28.3 Å². The average Bonchev–Trinajstić information content (AvgIpc) is 2.31. The Kier molecular flexibility index (Phi) is 3.24. The minimum Gasteiger partial charge on any atom is -0.432 e. The number of aromatic nitrogens is 2. The summed E-state index contributed by atoms with van der Waals surface area (Å²) in [6.45, 7) is 0. The van der Waals surface area contributed by atoms with Crippen molar-refractivity contribution in [1.82, 2.24) is 9.97 Å². The summed E-state index contributed by atoms with van der Waals surface area (Å²) in [5.74, 6) is 0.166. The van der Waals surface area contributed by atoms with Crippen molar-refractivity contribution in [3.05, 3.63) is 45.6 Å². The Morgan fingerprint density at radius 1 is 1.39 bits per heavy atom. The number of rotatable bonds is 3. The summed E-state index contributed by atoms with van der Waals surface area (Å²) >= 11 is 5.68. The van der Waals surface area contributed by atoms with Crippen LogP contribution in [0, 0.1) is 10.1 Å². The van der Waals surface area contributed by atoms with Gasteiger partial charge in [0.15, 0.2) is 0 Å². The number of hydrogen-bond acceptors (Lipinski definition) is 6. The van der Waals surface area contributed by atoms with Crippen LogP contribution in [0.1, 0.15) is 0 Å². The minimum absolute atomic E-state index is 0.0177. The zero-order valence-electron chi connectivity index (χ0n) is 8.91. The molecule has 0 fully saturated rings. The van der Waals surface area contributed by atoms with Crippen molar-refractivity contribution >= 4 is 23.2 Å². The summed E-state index contributed by atoms with van der Waals surface area (Å²) in [7, 11) is 0. The molecule has 1 heterocycles. The van der Waals surface area contributed by atoms with E-state index in [0.717, 1.165) is 0 Å². The third-order valence-corrected chi connectivity index (χ3v) is 2.22. The summed E-state index contributed by atoms with van der Waals surface area (Å²) in [4.78, 5) is 17.7. The summed E-state index contributed by atoms with van der Waals surface area (Å²) in [5.41, 5.74) is 5.13. The summed E-state index contributed by atoms with van der Waals surface area (Å²) in [5, 5.41) is 11.1. The average molecular weight is 267 g/mol. The van der Waals surface area contributed by atoms with Crippen LogP contribution in [0.4, 0.5) is 11.6 Å². The van der Waals surface area contributed by atoms with Crippen molar-refractivity contribution in [2.24, 2.45) is 0 Å². The van der Waals surface area contributed by atoms with Gasteiger partial charge in [-0.05, 0) is 12.1 Å². The Morgan fingerprint density at radius 2 is 2.17 bits per heavy atom. The van der Waals surface area contributed by atoms with Gasteiger partial charge in [0, 0.05) is 23.4 Å². The van der Waals surface area contributed by atoms with Gasteiger partial charge in [0.1, 0.15) is 0 Å². The van der Waals surface area contributed by atoms with Crippen LogP contribution in [0.2, 0.25) is 5.02 Å². The van der Waals surface area contributed by atoms with E-state index in [2.05, 4.69) is 9.97 Å². The fraction of sp³-hybridized carbons (Fsp3) is 0. The largest absolute Gasteiger partial charge is 0.432 e. The lowest BCUT2D eigenvalue weighted by Crippen LogP contribution is -1.98. The van der Waals surface area contributed by atoms with E-state index in [4.69, 9.17) is 22.1 Å². The summed E-state index contributed by atoms with van der Waals surface area (Å²) in [6.07, 6.45) is 1.39. The molecule has 0 atom stereocenters. The van der Waals surface area contributed by atoms with Gasteiger partial charge in [-0.1, -0.05) is 11.6 Å². The molecule has 92 valence electrons. The van der Waals surface area contributed by atoms with Gasteiger partial charge in [0.05, 0.1) is 4.92 Å². The molecule has 0 amide bonds. The first-order valence-electron chi connectivity index (χ1n) is 4.76. The van der Waals surface area contributed by atoms with Crippen molar-refractivity contribution < 1.29 is 9.66 Å². The monoisotopic (exact) mass is 266 g/mol. The van der Waals surface area contributed by atoms with Crippen molar-refractivity contribution in [2.75, 3.05) is 5.73 Å². The first-order chi connectivity index (χ1) is 8.56. The standard InChI is InChI=1S/C10H7ClN4O3/c11-6-1-2-8(7(5-6)15(16)17)18-9-3-4-13-10(12)14-9/h1-5H,(H2,12,13,14). The highest BCUT2D eigenvalue weighted by molar-refractivity contribution is 6.30. The molecule has 8 heteroatoms. The Morgan fingerprint density at radius 3 is 2.83 bits per heavy atom. The molecule has 0 spiro atoms. The first kappa shape index (κ1) is 12.1. The van der Waals surface area contributed by atoms with E-state index >= 15 is 0 Å². The van der Waals surface area contributed by atoms with Crippen LogP contribution in [0.5, 0.6) is 11.6 Å². The molecule has 0 saturated heterocycles. The van der Waals surface area contributed by atoms with Crippen molar-refractivity contribution in [2.45, 2.75) is 0 Å². The zero-order valence-corrected chi connectivity index (χ0v) is 9.66. The van der Waals surface area contributed by atoms with E-state index in [1.807, 2.05) is 0 Å². The second kappa shape index (κ2) is 4.84. The van der Waals surface area contributed by atoms with Gasteiger partial charge in [-0.3, -0.25) is 10.1 Å². The number of nitro benzene ring substituents is 1. The van der Waals surface area contributed by atoms with E-state index in [1.165, 1.54) is 30.5 Å². The maximum absolute atomic E-state index is 10.8. The fourth-order valence-electron chi connectivity index (χ4n) is 1.25. The minimum atomic E-state index is -0.592. The van der Waals surface area contributed by atoms with Crippen LogP contribution in [0.25, 0.3) is 0 Å². The molecule has 2 N–H and O–H groups in total. The number of nitro groups is 1. The number of benzene rings is 1. The topological polar surface area (TPSA) is 104 Å². The zero-order chi connectivity index (χ0) is 13.1. The predicted octanol–water partition coefficient (Wildman–Crippen LogP) is 2.41. The van der Waals surface area contributed by atoms with Crippen molar-refractivity contribution in [3.63, 3.8) is 0 Å². The van der Waals surface area contributed by atoms with Gasteiger partial charge in [0.25, 0.3) is 0 Å². The maximum atomic E-state index is 10.8. The van der Waals surface area contributed by atoms with E-state index < -0.39 is 4.92 Å². The van der Waals surface area contributed by atoms with Crippen LogP contribution in [-0.4, -0.2) is 14.9 Å². The number of nitrogens with two attached hydrogens (primary N) is 1. The Labute approximate surface area is 106 Å². The lowest BCUT2D eigenvalue weighted by atomic mass is 10.3. The third kappa shape index (κ3) is 2.64. The van der Waals surface area contributed by atoms with Gasteiger partial charge in [0.2, 0.25) is 17.6 Å². The number of nitrogens with zero attached hydrogens (tertiary/aromatic N) is 3. The molecular weight excluding hydrogens is 260 g/mol. The molecule has 0 unspecified atom stereocenters. The fourth-order valence-corrected chi connectivity index (χ4v) is 1.41. The highest BCUT2D eigenvalue weighted by Gasteiger charge is 2.16. The first-order valence-corrected chi connectivity index (χ1v) is 5.14. The summed E-state index contributed by atoms with van der Waals surface area (Å²) < 4.78 is 5.28. The highest BCUT2D eigenvalue weighted by Crippen LogP contribution is 2.32. The Balaban J connectivity index is 2.37. The maximum Gasteiger partial charge on any atom is 0.313 e. The van der Waals surface area contributed by atoms with Gasteiger partial charge in [-0.25, -0.2) is 4.98 Å². The van der Waals surface area contributed by atoms with Crippen LogP contribution in [0.15, 0.2) is 30.5 Å².